The van der Waals surface area contributed by atoms with Gasteiger partial charge in [-0.1, -0.05) is 6.92 Å². The molecule has 1 N–H and O–H groups in total. The number of ether oxygens (including phenoxy) is 1. The summed E-state index contributed by atoms with van der Waals surface area (Å²) in [6, 6.07) is 0.723. The highest BCUT2D eigenvalue weighted by Crippen LogP contribution is 2.28. The van der Waals surface area contributed by atoms with Gasteiger partial charge in [-0.15, -0.1) is 0 Å². The van der Waals surface area contributed by atoms with E-state index in [0.29, 0.717) is 0 Å². The van der Waals surface area contributed by atoms with Crippen LogP contribution in [0.25, 0.3) is 0 Å². The summed E-state index contributed by atoms with van der Waals surface area (Å²) in [7, 11) is 0. The fraction of sp³-hybridized carbons (Fsp3) is 1.00. The van der Waals surface area contributed by atoms with Crippen molar-refractivity contribution in [2.45, 2.75) is 58.1 Å². The Morgan fingerprint density at radius 2 is 2.17 bits per heavy atom. The monoisotopic (exact) mass is 254 g/mol. The van der Waals surface area contributed by atoms with E-state index in [1.165, 1.54) is 51.9 Å². The number of nitrogens with one attached hydrogen (secondary N) is 1. The number of rotatable bonds is 4. The van der Waals surface area contributed by atoms with Crippen molar-refractivity contribution in [1.29, 1.82) is 0 Å². The number of hydrogen-bond donors (Lipinski definition) is 1. The highest BCUT2D eigenvalue weighted by Gasteiger charge is 2.32. The van der Waals surface area contributed by atoms with Gasteiger partial charge in [-0.05, 0) is 65.1 Å². The molecule has 3 nitrogen and oxygen atoms in total. The van der Waals surface area contributed by atoms with Gasteiger partial charge in [0.25, 0.3) is 0 Å². The predicted octanol–water partition coefficient (Wildman–Crippen LogP) is 2.27. The maximum atomic E-state index is 5.84. The molecule has 0 radical (unpaired) electrons. The zero-order chi connectivity index (χ0) is 13.0. The molecule has 3 heteroatoms. The van der Waals surface area contributed by atoms with Crippen LogP contribution in [0.5, 0.6) is 0 Å². The Hall–Kier alpha value is -0.120. The first-order chi connectivity index (χ1) is 8.61. The van der Waals surface area contributed by atoms with Crippen LogP contribution in [0.1, 0.15) is 46.5 Å². The van der Waals surface area contributed by atoms with Crippen molar-refractivity contribution < 1.29 is 4.74 Å². The van der Waals surface area contributed by atoms with Gasteiger partial charge in [0.1, 0.15) is 0 Å². The van der Waals surface area contributed by atoms with Gasteiger partial charge in [-0.2, -0.15) is 0 Å². The van der Waals surface area contributed by atoms with Crippen LogP contribution in [0.4, 0.5) is 0 Å². The molecule has 106 valence electrons. The van der Waals surface area contributed by atoms with Gasteiger partial charge < -0.3 is 15.0 Å². The molecule has 2 aliphatic rings. The molecular weight excluding hydrogens is 224 g/mol. The molecule has 0 aliphatic carbocycles. The summed E-state index contributed by atoms with van der Waals surface area (Å²) in [6.07, 6.45) is 5.13. The molecule has 0 amide bonds. The lowest BCUT2D eigenvalue weighted by atomic mass is 9.91. The van der Waals surface area contributed by atoms with Gasteiger partial charge in [-0.25, -0.2) is 0 Å². The summed E-state index contributed by atoms with van der Waals surface area (Å²) in [5.41, 5.74) is 0.0706. The fourth-order valence-corrected chi connectivity index (χ4v) is 3.46. The molecule has 2 aliphatic heterocycles. The Balaban J connectivity index is 1.86. The van der Waals surface area contributed by atoms with Crippen molar-refractivity contribution in [3.8, 4) is 0 Å². The molecule has 0 aromatic heterocycles. The smallest absolute Gasteiger partial charge is 0.0641 e. The van der Waals surface area contributed by atoms with Crippen LogP contribution < -0.4 is 5.32 Å². The first-order valence-corrected chi connectivity index (χ1v) is 7.69. The standard InChI is InChI=1S/C15H30N2O/c1-4-17(12-13-6-5-8-16-11-13)14-7-9-18-15(2,3)10-14/h13-14,16H,4-12H2,1-3H3. The zero-order valence-electron chi connectivity index (χ0n) is 12.4. The van der Waals surface area contributed by atoms with E-state index >= 15 is 0 Å². The van der Waals surface area contributed by atoms with Crippen LogP contribution in [0.15, 0.2) is 0 Å². The summed E-state index contributed by atoms with van der Waals surface area (Å²) in [4.78, 5) is 2.70. The Labute approximate surface area is 112 Å². The van der Waals surface area contributed by atoms with Gasteiger partial charge in [-0.3, -0.25) is 0 Å². The van der Waals surface area contributed by atoms with Crippen LogP contribution in [-0.2, 0) is 4.74 Å². The van der Waals surface area contributed by atoms with E-state index in [4.69, 9.17) is 4.74 Å². The lowest BCUT2D eigenvalue weighted by Crippen LogP contribution is -2.48. The van der Waals surface area contributed by atoms with Crippen molar-refractivity contribution in [3.05, 3.63) is 0 Å². The van der Waals surface area contributed by atoms with Gasteiger partial charge >= 0.3 is 0 Å². The third-order valence-electron chi connectivity index (χ3n) is 4.49. The molecule has 2 rings (SSSR count). The first-order valence-electron chi connectivity index (χ1n) is 7.69. The maximum Gasteiger partial charge on any atom is 0.0641 e. The third kappa shape index (κ3) is 3.94. The van der Waals surface area contributed by atoms with Gasteiger partial charge in [0.05, 0.1) is 5.60 Å². The quantitative estimate of drug-likeness (QED) is 0.833. The molecule has 2 heterocycles. The van der Waals surface area contributed by atoms with Crippen LogP contribution in [-0.4, -0.2) is 49.3 Å². The first kappa shape index (κ1) is 14.3. The highest BCUT2D eigenvalue weighted by atomic mass is 16.5. The Kier molecular flexibility index (Phi) is 5.05. The molecule has 2 fully saturated rings. The number of nitrogens with zero attached hydrogens (tertiary/aromatic N) is 1. The SMILES string of the molecule is CCN(CC1CCCNC1)C1CCOC(C)(C)C1. The van der Waals surface area contributed by atoms with Crippen molar-refractivity contribution in [2.24, 2.45) is 5.92 Å². The summed E-state index contributed by atoms with van der Waals surface area (Å²) in [5.74, 6) is 0.852. The lowest BCUT2D eigenvalue weighted by molar-refractivity contribution is -0.0844. The second-order valence-corrected chi connectivity index (χ2v) is 6.55. The summed E-state index contributed by atoms with van der Waals surface area (Å²) < 4.78 is 5.84. The molecular formula is C15H30N2O. The average Bonchev–Trinajstić information content (AvgIpc) is 2.36. The Morgan fingerprint density at radius 3 is 2.78 bits per heavy atom. The summed E-state index contributed by atoms with van der Waals surface area (Å²) >= 11 is 0. The minimum atomic E-state index is 0.0706. The molecule has 0 spiro atoms. The maximum absolute atomic E-state index is 5.84. The molecule has 2 atom stereocenters. The molecule has 2 saturated heterocycles. The zero-order valence-corrected chi connectivity index (χ0v) is 12.4. The number of piperidine rings is 1. The molecule has 0 aromatic rings. The highest BCUT2D eigenvalue weighted by molar-refractivity contribution is 4.86. The minimum absolute atomic E-state index is 0.0706. The summed E-state index contributed by atoms with van der Waals surface area (Å²) in [5, 5.41) is 3.53. The van der Waals surface area contributed by atoms with Crippen LogP contribution >= 0.6 is 0 Å². The minimum Gasteiger partial charge on any atom is -0.375 e. The van der Waals surface area contributed by atoms with Gasteiger partial charge in [0, 0.05) is 19.2 Å². The third-order valence-corrected chi connectivity index (χ3v) is 4.49. The van der Waals surface area contributed by atoms with E-state index in [2.05, 4.69) is 31.0 Å². The average molecular weight is 254 g/mol. The molecule has 0 saturated carbocycles. The normalized spacial score (nSPS) is 32.7. The number of hydrogen-bond acceptors (Lipinski definition) is 3. The lowest BCUT2D eigenvalue weighted by Gasteiger charge is -2.42. The van der Waals surface area contributed by atoms with E-state index in [-0.39, 0.29) is 5.60 Å². The van der Waals surface area contributed by atoms with Crippen molar-refractivity contribution in [3.63, 3.8) is 0 Å². The van der Waals surface area contributed by atoms with Crippen molar-refractivity contribution in [1.82, 2.24) is 10.2 Å². The van der Waals surface area contributed by atoms with Crippen molar-refractivity contribution >= 4 is 0 Å². The van der Waals surface area contributed by atoms with E-state index in [9.17, 15) is 0 Å². The fourth-order valence-electron chi connectivity index (χ4n) is 3.46. The molecule has 18 heavy (non-hydrogen) atoms. The predicted molar refractivity (Wildman–Crippen MR) is 75.9 cm³/mol. The van der Waals surface area contributed by atoms with E-state index in [1.54, 1.807) is 0 Å². The van der Waals surface area contributed by atoms with E-state index in [1.807, 2.05) is 0 Å². The molecule has 2 unspecified atom stereocenters. The second-order valence-electron chi connectivity index (χ2n) is 6.55. The Morgan fingerprint density at radius 1 is 1.33 bits per heavy atom. The van der Waals surface area contributed by atoms with E-state index < -0.39 is 0 Å². The summed E-state index contributed by atoms with van der Waals surface area (Å²) in [6.45, 7) is 12.6. The van der Waals surface area contributed by atoms with Crippen LogP contribution in [0.2, 0.25) is 0 Å². The second kappa shape index (κ2) is 6.36. The molecule has 0 bridgehead atoms. The van der Waals surface area contributed by atoms with Gasteiger partial charge in [0.2, 0.25) is 0 Å². The van der Waals surface area contributed by atoms with Gasteiger partial charge in [0.15, 0.2) is 0 Å². The van der Waals surface area contributed by atoms with Crippen molar-refractivity contribution in [2.75, 3.05) is 32.8 Å². The Bertz CT molecular complexity index is 249. The molecule has 0 aromatic carbocycles. The van der Waals surface area contributed by atoms with E-state index in [0.717, 1.165) is 18.6 Å². The van der Waals surface area contributed by atoms with Crippen LogP contribution in [0, 0.1) is 5.92 Å². The largest absolute Gasteiger partial charge is 0.375 e. The van der Waals surface area contributed by atoms with Crippen LogP contribution in [0.3, 0.4) is 0 Å². The topological polar surface area (TPSA) is 24.5 Å².